The van der Waals surface area contributed by atoms with E-state index in [1.54, 1.807) is 0 Å². The number of aliphatic hydroxyl groups is 1. The lowest BCUT2D eigenvalue weighted by Gasteiger charge is -2.41. The molecule has 120 valence electrons. The molecule has 0 radical (unpaired) electrons. The van der Waals surface area contributed by atoms with Crippen LogP contribution in [0.15, 0.2) is 48.5 Å². The monoisotopic (exact) mass is 309 g/mol. The van der Waals surface area contributed by atoms with Gasteiger partial charge in [-0.3, -0.25) is 0 Å². The summed E-state index contributed by atoms with van der Waals surface area (Å²) in [5.74, 6) is 1.02. The molecule has 2 aliphatic heterocycles. The van der Waals surface area contributed by atoms with Gasteiger partial charge < -0.3 is 14.7 Å². The van der Waals surface area contributed by atoms with Gasteiger partial charge in [-0.1, -0.05) is 42.5 Å². The summed E-state index contributed by atoms with van der Waals surface area (Å²) in [6, 6.07) is 16.1. The fourth-order valence-corrected chi connectivity index (χ4v) is 4.09. The van der Waals surface area contributed by atoms with Crippen LogP contribution >= 0.6 is 0 Å². The maximum Gasteiger partial charge on any atom is 0.126 e. The molecule has 0 aromatic heterocycles. The fourth-order valence-electron chi connectivity index (χ4n) is 4.09. The number of benzene rings is 2. The second-order valence-corrected chi connectivity index (χ2v) is 6.79. The summed E-state index contributed by atoms with van der Waals surface area (Å²) in [6.45, 7) is 2.57. The highest BCUT2D eigenvalue weighted by atomic mass is 16.5. The molecular weight excluding hydrogens is 286 g/mol. The third-order valence-electron chi connectivity index (χ3n) is 5.42. The van der Waals surface area contributed by atoms with Gasteiger partial charge in [0.1, 0.15) is 18.0 Å². The zero-order chi connectivity index (χ0) is 15.9. The van der Waals surface area contributed by atoms with Crippen molar-refractivity contribution in [2.45, 2.75) is 25.0 Å². The number of fused-ring (bicyclic) bond motifs is 2. The lowest BCUT2D eigenvalue weighted by atomic mass is 9.71. The zero-order valence-electron chi connectivity index (χ0n) is 13.5. The van der Waals surface area contributed by atoms with E-state index in [0.717, 1.165) is 48.4 Å². The van der Waals surface area contributed by atoms with E-state index < -0.39 is 5.60 Å². The minimum absolute atomic E-state index is 0.211. The number of hydrogen-bond donors (Lipinski definition) is 1. The zero-order valence-corrected chi connectivity index (χ0v) is 13.5. The topological polar surface area (TPSA) is 32.7 Å². The van der Waals surface area contributed by atoms with Gasteiger partial charge in [0.15, 0.2) is 0 Å². The SMILES string of the molecule is CN1CCC([C@]2(O)c3ccccc3COc3ccccc32)CC1. The Bertz CT molecular complexity index is 657. The van der Waals surface area contributed by atoms with Crippen LogP contribution in [0.25, 0.3) is 0 Å². The van der Waals surface area contributed by atoms with Gasteiger partial charge in [-0.2, -0.15) is 0 Å². The normalized spacial score (nSPS) is 25.1. The van der Waals surface area contributed by atoms with Crippen molar-refractivity contribution >= 4 is 0 Å². The van der Waals surface area contributed by atoms with Crippen LogP contribution in [0.2, 0.25) is 0 Å². The molecule has 1 saturated heterocycles. The molecule has 0 amide bonds. The first-order valence-electron chi connectivity index (χ1n) is 8.41. The Balaban J connectivity index is 1.89. The first-order chi connectivity index (χ1) is 11.2. The smallest absolute Gasteiger partial charge is 0.126 e. The van der Waals surface area contributed by atoms with Crippen LogP contribution in [0.3, 0.4) is 0 Å². The van der Waals surface area contributed by atoms with Crippen LogP contribution in [0, 0.1) is 5.92 Å². The third kappa shape index (κ3) is 2.35. The van der Waals surface area contributed by atoms with Crippen LogP contribution in [0.4, 0.5) is 0 Å². The van der Waals surface area contributed by atoms with E-state index >= 15 is 0 Å². The van der Waals surface area contributed by atoms with Crippen LogP contribution < -0.4 is 4.74 Å². The van der Waals surface area contributed by atoms with Gasteiger partial charge in [0.05, 0.1) is 0 Å². The van der Waals surface area contributed by atoms with Crippen molar-refractivity contribution in [2.75, 3.05) is 20.1 Å². The van der Waals surface area contributed by atoms with E-state index in [9.17, 15) is 5.11 Å². The van der Waals surface area contributed by atoms with E-state index in [4.69, 9.17) is 4.74 Å². The molecule has 1 atom stereocenters. The number of rotatable bonds is 1. The summed E-state index contributed by atoms with van der Waals surface area (Å²) in [5, 5.41) is 12.0. The predicted molar refractivity (Wildman–Crippen MR) is 90.4 cm³/mol. The Morgan fingerprint density at radius 1 is 1.00 bits per heavy atom. The lowest BCUT2D eigenvalue weighted by Crippen LogP contribution is -2.43. The predicted octanol–water partition coefficient (Wildman–Crippen LogP) is 3.16. The molecule has 4 rings (SSSR count). The Labute approximate surface area is 137 Å². The van der Waals surface area contributed by atoms with E-state index in [-0.39, 0.29) is 5.92 Å². The van der Waals surface area contributed by atoms with Gasteiger partial charge in [0.25, 0.3) is 0 Å². The minimum Gasteiger partial charge on any atom is -0.488 e. The standard InChI is InChI=1S/C20H23NO2/c1-21-12-10-16(11-13-21)20(22)17-7-3-2-6-15(17)14-23-19-9-5-4-8-18(19)20/h2-9,16,22H,10-14H2,1H3/t20-/m0/s1. The van der Waals surface area contributed by atoms with E-state index in [1.807, 2.05) is 36.4 Å². The highest BCUT2D eigenvalue weighted by Gasteiger charge is 2.45. The molecule has 1 fully saturated rings. The Morgan fingerprint density at radius 2 is 1.65 bits per heavy atom. The van der Waals surface area contributed by atoms with E-state index in [1.165, 1.54) is 0 Å². The first-order valence-corrected chi connectivity index (χ1v) is 8.41. The van der Waals surface area contributed by atoms with Crippen LogP contribution in [-0.2, 0) is 12.2 Å². The van der Waals surface area contributed by atoms with Crippen LogP contribution in [0.1, 0.15) is 29.5 Å². The first kappa shape index (κ1) is 14.7. The molecule has 2 heterocycles. The maximum atomic E-state index is 12.0. The summed E-state index contributed by atoms with van der Waals surface area (Å²) < 4.78 is 6.01. The summed E-state index contributed by atoms with van der Waals surface area (Å²) in [4.78, 5) is 2.34. The molecular formula is C20H23NO2. The van der Waals surface area contributed by atoms with Crippen LogP contribution in [0.5, 0.6) is 5.75 Å². The number of ether oxygens (including phenoxy) is 1. The molecule has 0 bridgehead atoms. The largest absolute Gasteiger partial charge is 0.488 e. The van der Waals surface area contributed by atoms with Gasteiger partial charge >= 0.3 is 0 Å². The van der Waals surface area contributed by atoms with E-state index in [0.29, 0.717) is 6.61 Å². The molecule has 0 aliphatic carbocycles. The lowest BCUT2D eigenvalue weighted by molar-refractivity contribution is -0.0113. The number of hydrogen-bond acceptors (Lipinski definition) is 3. The van der Waals surface area contributed by atoms with Gasteiger partial charge in [-0.25, -0.2) is 0 Å². The molecule has 0 saturated carbocycles. The number of likely N-dealkylation sites (tertiary alicyclic amines) is 1. The van der Waals surface area contributed by atoms with Crippen molar-refractivity contribution in [3.8, 4) is 5.75 Å². The molecule has 23 heavy (non-hydrogen) atoms. The quantitative estimate of drug-likeness (QED) is 0.878. The van der Waals surface area contributed by atoms with Crippen molar-refractivity contribution in [2.24, 2.45) is 5.92 Å². The number of nitrogens with zero attached hydrogens (tertiary/aromatic N) is 1. The minimum atomic E-state index is -0.967. The second-order valence-electron chi connectivity index (χ2n) is 6.79. The molecule has 0 unspecified atom stereocenters. The summed E-state index contributed by atoms with van der Waals surface area (Å²) in [5.41, 5.74) is 2.05. The molecule has 3 heteroatoms. The maximum absolute atomic E-state index is 12.0. The Kier molecular flexibility index (Phi) is 3.63. The van der Waals surface area contributed by atoms with Crippen molar-refractivity contribution in [1.29, 1.82) is 0 Å². The average Bonchev–Trinajstić information content (AvgIpc) is 2.72. The molecule has 2 aromatic carbocycles. The summed E-state index contributed by atoms with van der Waals surface area (Å²) >= 11 is 0. The van der Waals surface area contributed by atoms with Gasteiger partial charge in [0.2, 0.25) is 0 Å². The van der Waals surface area contributed by atoms with Gasteiger partial charge in [0, 0.05) is 5.56 Å². The summed E-state index contributed by atoms with van der Waals surface area (Å²) in [6.07, 6.45) is 1.99. The second kappa shape index (κ2) is 5.66. The Hall–Kier alpha value is -1.84. The molecule has 1 N–H and O–H groups in total. The molecule has 0 spiro atoms. The summed E-state index contributed by atoms with van der Waals surface area (Å²) in [7, 11) is 2.15. The van der Waals surface area contributed by atoms with E-state index in [2.05, 4.69) is 24.1 Å². The van der Waals surface area contributed by atoms with Crippen molar-refractivity contribution in [1.82, 2.24) is 4.90 Å². The van der Waals surface area contributed by atoms with Crippen molar-refractivity contribution < 1.29 is 9.84 Å². The van der Waals surface area contributed by atoms with Crippen molar-refractivity contribution in [3.63, 3.8) is 0 Å². The highest BCUT2D eigenvalue weighted by Crippen LogP contribution is 2.47. The molecule has 3 nitrogen and oxygen atoms in total. The number of piperidine rings is 1. The molecule has 2 aliphatic rings. The highest BCUT2D eigenvalue weighted by molar-refractivity contribution is 5.50. The Morgan fingerprint density at radius 3 is 2.43 bits per heavy atom. The van der Waals surface area contributed by atoms with Gasteiger partial charge in [-0.05, 0) is 56.1 Å². The van der Waals surface area contributed by atoms with Crippen LogP contribution in [-0.4, -0.2) is 30.1 Å². The fraction of sp³-hybridized carbons (Fsp3) is 0.400. The number of para-hydroxylation sites is 1. The average molecular weight is 309 g/mol. The van der Waals surface area contributed by atoms with Gasteiger partial charge in [-0.15, -0.1) is 0 Å². The third-order valence-corrected chi connectivity index (χ3v) is 5.42. The van der Waals surface area contributed by atoms with Crippen molar-refractivity contribution in [3.05, 3.63) is 65.2 Å². The molecule has 2 aromatic rings.